The number of benzene rings is 1. The predicted octanol–water partition coefficient (Wildman–Crippen LogP) is 1.70. The van der Waals surface area contributed by atoms with Crippen molar-refractivity contribution in [3.05, 3.63) is 28.8 Å². The Balaban J connectivity index is 3.12. The van der Waals surface area contributed by atoms with E-state index in [4.69, 9.17) is 16.9 Å². The van der Waals surface area contributed by atoms with E-state index in [1.165, 1.54) is 30.1 Å². The van der Waals surface area contributed by atoms with Gasteiger partial charge in [-0.2, -0.15) is 9.57 Å². The summed E-state index contributed by atoms with van der Waals surface area (Å²) in [4.78, 5) is 13.4. The number of carbonyl (C=O) groups excluding carboxylic acids is 1. The maximum Gasteiger partial charge on any atom is 0.244 e. The van der Waals surface area contributed by atoms with Gasteiger partial charge in [0.05, 0.1) is 12.1 Å². The SMILES string of the molecule is CCN(CC)C(=O)CN(C)S(=O)(=O)c1cc(Cl)ccc1C#N. The first-order chi connectivity index (χ1) is 10.3. The van der Waals surface area contributed by atoms with E-state index >= 15 is 0 Å². The minimum absolute atomic E-state index is 0.00784. The third-order valence-corrected chi connectivity index (χ3v) is 5.30. The van der Waals surface area contributed by atoms with Crippen molar-refractivity contribution in [2.45, 2.75) is 18.7 Å². The van der Waals surface area contributed by atoms with E-state index in [1.807, 2.05) is 19.9 Å². The van der Waals surface area contributed by atoms with Crippen LogP contribution < -0.4 is 0 Å². The molecule has 120 valence electrons. The van der Waals surface area contributed by atoms with Gasteiger partial charge in [0.25, 0.3) is 0 Å². The largest absolute Gasteiger partial charge is 0.342 e. The summed E-state index contributed by atoms with van der Waals surface area (Å²) in [7, 11) is -2.67. The predicted molar refractivity (Wildman–Crippen MR) is 83.9 cm³/mol. The van der Waals surface area contributed by atoms with E-state index in [1.54, 1.807) is 0 Å². The van der Waals surface area contributed by atoms with E-state index in [-0.39, 0.29) is 27.9 Å². The Kier molecular flexibility index (Phi) is 6.35. The lowest BCUT2D eigenvalue weighted by Gasteiger charge is -2.23. The molecule has 0 heterocycles. The highest BCUT2D eigenvalue weighted by molar-refractivity contribution is 7.89. The highest BCUT2D eigenvalue weighted by Gasteiger charge is 2.27. The lowest BCUT2D eigenvalue weighted by molar-refractivity contribution is -0.130. The van der Waals surface area contributed by atoms with E-state index in [2.05, 4.69) is 0 Å². The van der Waals surface area contributed by atoms with Gasteiger partial charge >= 0.3 is 0 Å². The molecule has 6 nitrogen and oxygen atoms in total. The van der Waals surface area contributed by atoms with Crippen molar-refractivity contribution >= 4 is 27.5 Å². The summed E-state index contributed by atoms with van der Waals surface area (Å²) in [5.74, 6) is -0.295. The first-order valence-electron chi connectivity index (χ1n) is 6.71. The van der Waals surface area contributed by atoms with Crippen LogP contribution >= 0.6 is 11.6 Å². The van der Waals surface area contributed by atoms with Gasteiger partial charge in [0.1, 0.15) is 11.0 Å². The van der Waals surface area contributed by atoms with E-state index in [9.17, 15) is 13.2 Å². The Labute approximate surface area is 135 Å². The van der Waals surface area contributed by atoms with Crippen molar-refractivity contribution < 1.29 is 13.2 Å². The molecule has 0 N–H and O–H groups in total. The van der Waals surface area contributed by atoms with Gasteiger partial charge in [0.2, 0.25) is 15.9 Å². The van der Waals surface area contributed by atoms with Gasteiger partial charge in [-0.05, 0) is 32.0 Å². The molecule has 0 spiro atoms. The van der Waals surface area contributed by atoms with Crippen molar-refractivity contribution in [1.82, 2.24) is 9.21 Å². The van der Waals surface area contributed by atoms with Gasteiger partial charge in [0.15, 0.2) is 0 Å². The second kappa shape index (κ2) is 7.58. The number of carbonyl (C=O) groups is 1. The van der Waals surface area contributed by atoms with Crippen LogP contribution in [0, 0.1) is 11.3 Å². The summed E-state index contributed by atoms with van der Waals surface area (Å²) in [6.45, 7) is 4.36. The minimum Gasteiger partial charge on any atom is -0.342 e. The highest BCUT2D eigenvalue weighted by atomic mass is 35.5. The van der Waals surface area contributed by atoms with Crippen LogP contribution in [0.5, 0.6) is 0 Å². The Hall–Kier alpha value is -1.62. The smallest absolute Gasteiger partial charge is 0.244 e. The molecule has 0 aliphatic heterocycles. The number of rotatable bonds is 6. The molecule has 0 radical (unpaired) electrons. The number of hydrogen-bond acceptors (Lipinski definition) is 4. The quantitative estimate of drug-likeness (QED) is 0.787. The van der Waals surface area contributed by atoms with E-state index in [0.717, 1.165) is 4.31 Å². The number of sulfonamides is 1. The monoisotopic (exact) mass is 343 g/mol. The number of nitriles is 1. The fourth-order valence-electron chi connectivity index (χ4n) is 1.92. The van der Waals surface area contributed by atoms with Gasteiger partial charge in [-0.15, -0.1) is 0 Å². The fraction of sp³-hybridized carbons (Fsp3) is 0.429. The van der Waals surface area contributed by atoms with Gasteiger partial charge < -0.3 is 4.90 Å². The number of amides is 1. The average molecular weight is 344 g/mol. The molecule has 1 rings (SSSR count). The molecule has 0 atom stereocenters. The molecule has 0 saturated carbocycles. The number of nitrogens with zero attached hydrogens (tertiary/aromatic N) is 3. The van der Waals surface area contributed by atoms with Crippen LogP contribution in [0.4, 0.5) is 0 Å². The Morgan fingerprint density at radius 3 is 2.41 bits per heavy atom. The Bertz CT molecular complexity index is 694. The molecule has 22 heavy (non-hydrogen) atoms. The van der Waals surface area contributed by atoms with Gasteiger partial charge in [-0.3, -0.25) is 4.79 Å². The number of likely N-dealkylation sites (N-methyl/N-ethyl adjacent to an activating group) is 2. The van der Waals surface area contributed by atoms with Crippen molar-refractivity contribution in [1.29, 1.82) is 5.26 Å². The Morgan fingerprint density at radius 1 is 1.32 bits per heavy atom. The zero-order valence-electron chi connectivity index (χ0n) is 12.7. The highest BCUT2D eigenvalue weighted by Crippen LogP contribution is 2.23. The summed E-state index contributed by atoms with van der Waals surface area (Å²) < 4.78 is 26.0. The second-order valence-corrected chi connectivity index (χ2v) is 7.03. The molecule has 0 aromatic heterocycles. The maximum absolute atomic E-state index is 12.5. The molecular weight excluding hydrogens is 326 g/mol. The molecule has 0 unspecified atom stereocenters. The zero-order chi connectivity index (χ0) is 16.9. The molecule has 0 fully saturated rings. The van der Waals surface area contributed by atoms with Crippen LogP contribution in [0.15, 0.2) is 23.1 Å². The summed E-state index contributed by atoms with van der Waals surface area (Å²) in [6.07, 6.45) is 0. The second-order valence-electron chi connectivity index (χ2n) is 4.58. The van der Waals surface area contributed by atoms with Crippen LogP contribution in [-0.4, -0.2) is 50.2 Å². The van der Waals surface area contributed by atoms with Crippen molar-refractivity contribution in [3.63, 3.8) is 0 Å². The van der Waals surface area contributed by atoms with E-state index < -0.39 is 10.0 Å². The third-order valence-electron chi connectivity index (χ3n) is 3.23. The normalized spacial score (nSPS) is 11.3. The Morgan fingerprint density at radius 2 is 1.91 bits per heavy atom. The fourth-order valence-corrected chi connectivity index (χ4v) is 3.44. The zero-order valence-corrected chi connectivity index (χ0v) is 14.3. The summed E-state index contributed by atoms with van der Waals surface area (Å²) >= 11 is 5.82. The maximum atomic E-state index is 12.5. The molecular formula is C14H18ClN3O3S. The molecule has 0 saturated heterocycles. The number of halogens is 1. The van der Waals surface area contributed by atoms with Crippen LogP contribution in [0.2, 0.25) is 5.02 Å². The first kappa shape index (κ1) is 18.4. The first-order valence-corrected chi connectivity index (χ1v) is 8.53. The van der Waals surface area contributed by atoms with Crippen LogP contribution in [-0.2, 0) is 14.8 Å². The molecule has 0 aliphatic rings. The minimum atomic E-state index is -3.97. The molecule has 1 aromatic carbocycles. The van der Waals surface area contributed by atoms with Crippen molar-refractivity contribution in [2.75, 3.05) is 26.7 Å². The molecule has 1 aromatic rings. The topological polar surface area (TPSA) is 81.5 Å². The molecule has 1 amide bonds. The van der Waals surface area contributed by atoms with Crippen molar-refractivity contribution in [2.24, 2.45) is 0 Å². The van der Waals surface area contributed by atoms with Gasteiger partial charge in [-0.25, -0.2) is 8.42 Å². The lowest BCUT2D eigenvalue weighted by Crippen LogP contribution is -2.41. The van der Waals surface area contributed by atoms with Crippen molar-refractivity contribution in [3.8, 4) is 6.07 Å². The summed E-state index contributed by atoms with van der Waals surface area (Å²) in [5, 5.41) is 9.26. The van der Waals surface area contributed by atoms with Gasteiger partial charge in [-0.1, -0.05) is 11.6 Å². The third kappa shape index (κ3) is 3.97. The summed E-state index contributed by atoms with van der Waals surface area (Å²) in [6, 6.07) is 5.83. The molecule has 0 bridgehead atoms. The molecule has 8 heteroatoms. The van der Waals surface area contributed by atoms with Crippen LogP contribution in [0.3, 0.4) is 0 Å². The summed E-state index contributed by atoms with van der Waals surface area (Å²) in [5.41, 5.74) is -0.00784. The van der Waals surface area contributed by atoms with Gasteiger partial charge in [0, 0.05) is 25.2 Å². The average Bonchev–Trinajstić information content (AvgIpc) is 2.48. The lowest BCUT2D eigenvalue weighted by atomic mass is 10.2. The van der Waals surface area contributed by atoms with Crippen LogP contribution in [0.1, 0.15) is 19.4 Å². The van der Waals surface area contributed by atoms with E-state index in [0.29, 0.717) is 13.1 Å². The van der Waals surface area contributed by atoms with Crippen LogP contribution in [0.25, 0.3) is 0 Å². The number of hydrogen-bond donors (Lipinski definition) is 0. The molecule has 0 aliphatic carbocycles. The standard InChI is InChI=1S/C14H18ClN3O3S/c1-4-18(5-2)14(19)10-17(3)22(20,21)13-8-12(15)7-6-11(13)9-16/h6-8H,4-5,10H2,1-3H3.